The number of hydrogen-bond donors (Lipinski definition) is 2. The van der Waals surface area contributed by atoms with E-state index >= 15 is 4.39 Å². The molecule has 3 aromatic rings. The van der Waals surface area contributed by atoms with E-state index in [1.54, 1.807) is 49.2 Å². The van der Waals surface area contributed by atoms with Crippen molar-refractivity contribution in [1.82, 2.24) is 15.4 Å². The number of thioether (sulfide) groups is 1. The number of hydrogen-bond acceptors (Lipinski definition) is 6. The molecule has 2 heterocycles. The Morgan fingerprint density at radius 2 is 2.00 bits per heavy atom. The second-order valence-electron chi connectivity index (χ2n) is 9.63. The zero-order chi connectivity index (χ0) is 27.1. The van der Waals surface area contributed by atoms with Crippen molar-refractivity contribution >= 4 is 40.2 Å². The van der Waals surface area contributed by atoms with E-state index in [0.717, 1.165) is 23.6 Å². The first-order chi connectivity index (χ1) is 18.3. The van der Waals surface area contributed by atoms with Crippen molar-refractivity contribution in [2.75, 3.05) is 32.5 Å². The number of carbonyl (C=O) groups excluding carboxylic acids is 1. The number of halogens is 3. The summed E-state index contributed by atoms with van der Waals surface area (Å²) in [4.78, 5) is 20.4. The molecule has 0 radical (unpaired) electrons. The first kappa shape index (κ1) is 28.5. The molecule has 1 aromatic heterocycles. The lowest BCUT2D eigenvalue weighted by atomic mass is 9.73. The van der Waals surface area contributed by atoms with Gasteiger partial charge in [0.1, 0.15) is 17.7 Å². The van der Waals surface area contributed by atoms with Gasteiger partial charge in [-0.2, -0.15) is 0 Å². The second kappa shape index (κ2) is 13.1. The Labute approximate surface area is 230 Å². The molecule has 10 heteroatoms. The summed E-state index contributed by atoms with van der Waals surface area (Å²) < 4.78 is 34.1. The van der Waals surface area contributed by atoms with E-state index in [4.69, 9.17) is 16.3 Å². The van der Waals surface area contributed by atoms with Crippen LogP contribution in [0.2, 0.25) is 5.02 Å². The van der Waals surface area contributed by atoms with Crippen molar-refractivity contribution in [1.29, 1.82) is 0 Å². The van der Waals surface area contributed by atoms with Crippen LogP contribution >= 0.6 is 23.4 Å². The molecule has 0 bridgehead atoms. The number of nitrogens with one attached hydrogen (secondary N) is 1. The molecule has 1 fully saturated rings. The van der Waals surface area contributed by atoms with Crippen LogP contribution in [0, 0.1) is 11.2 Å². The number of methoxy groups -OCH3 is 1. The topological polar surface area (TPSA) is 74.7 Å². The minimum Gasteiger partial charge on any atom is -0.497 e. The SMILES string of the molecule is COc1ccc2ncc(Cl)c(C(F)CCC3(C(=O)NO)CCN(CCCSc4ccc(F)cc4)CC3)c2c1. The largest absolute Gasteiger partial charge is 0.497 e. The summed E-state index contributed by atoms with van der Waals surface area (Å²) in [7, 11) is 1.54. The monoisotopic (exact) mass is 563 g/mol. The number of piperidine rings is 1. The lowest BCUT2D eigenvalue weighted by Crippen LogP contribution is -2.48. The van der Waals surface area contributed by atoms with Gasteiger partial charge < -0.3 is 9.64 Å². The number of benzene rings is 2. The zero-order valence-corrected chi connectivity index (χ0v) is 22.8. The first-order valence-corrected chi connectivity index (χ1v) is 14.0. The number of pyridine rings is 1. The number of likely N-dealkylation sites (tertiary alicyclic amines) is 1. The summed E-state index contributed by atoms with van der Waals surface area (Å²) in [5.74, 6) is 0.770. The molecule has 204 valence electrons. The number of fused-ring (bicyclic) bond motifs is 1. The van der Waals surface area contributed by atoms with E-state index in [1.165, 1.54) is 18.3 Å². The molecule has 1 aliphatic rings. The molecule has 1 saturated heterocycles. The number of alkyl halides is 1. The number of hydroxylamine groups is 1. The highest BCUT2D eigenvalue weighted by Gasteiger charge is 2.41. The molecule has 2 aromatic carbocycles. The Balaban J connectivity index is 1.35. The molecule has 0 saturated carbocycles. The van der Waals surface area contributed by atoms with E-state index in [1.807, 2.05) is 5.48 Å². The molecular formula is C28H32ClF2N3O3S. The van der Waals surface area contributed by atoms with Gasteiger partial charge in [-0.1, -0.05) is 11.6 Å². The van der Waals surface area contributed by atoms with Crippen molar-refractivity contribution in [2.24, 2.45) is 5.41 Å². The highest BCUT2D eigenvalue weighted by molar-refractivity contribution is 7.99. The highest BCUT2D eigenvalue weighted by atomic mass is 35.5. The molecule has 1 aliphatic heterocycles. The van der Waals surface area contributed by atoms with Crippen molar-refractivity contribution < 1.29 is 23.5 Å². The molecule has 0 aliphatic carbocycles. The van der Waals surface area contributed by atoms with E-state index in [-0.39, 0.29) is 23.7 Å². The van der Waals surface area contributed by atoms with Crippen molar-refractivity contribution in [3.63, 3.8) is 0 Å². The van der Waals surface area contributed by atoms with Crippen LogP contribution in [0.4, 0.5) is 8.78 Å². The van der Waals surface area contributed by atoms with Crippen molar-refractivity contribution in [3.05, 3.63) is 65.1 Å². The lowest BCUT2D eigenvalue weighted by molar-refractivity contribution is -0.143. The lowest BCUT2D eigenvalue weighted by Gasteiger charge is -2.40. The normalized spacial score (nSPS) is 16.3. The number of carbonyl (C=O) groups is 1. The Kier molecular flexibility index (Phi) is 9.81. The number of rotatable bonds is 11. The molecule has 38 heavy (non-hydrogen) atoms. The third-order valence-corrected chi connectivity index (χ3v) is 8.75. The number of ether oxygens (including phenoxy) is 1. The van der Waals surface area contributed by atoms with Crippen LogP contribution in [0.3, 0.4) is 0 Å². The Bertz CT molecular complexity index is 1240. The van der Waals surface area contributed by atoms with E-state index in [0.29, 0.717) is 48.1 Å². The first-order valence-electron chi connectivity index (χ1n) is 12.7. The van der Waals surface area contributed by atoms with Crippen LogP contribution in [0.15, 0.2) is 53.6 Å². The van der Waals surface area contributed by atoms with Gasteiger partial charge in [-0.15, -0.1) is 11.8 Å². The fraction of sp³-hybridized carbons (Fsp3) is 0.429. The maximum atomic E-state index is 15.7. The molecule has 2 N–H and O–H groups in total. The standard InChI is InChI=1S/C28H32ClF2N3O3S/c1-37-20-5-8-25-22(17-20)26(23(29)18-32-25)24(31)9-10-28(27(35)33-36)11-14-34(15-12-28)13-2-16-38-21-6-3-19(30)4-7-21/h3-8,17-18,24,36H,2,9-16H2,1H3,(H,33,35). The Morgan fingerprint density at radius 1 is 1.26 bits per heavy atom. The summed E-state index contributed by atoms with van der Waals surface area (Å²) >= 11 is 8.06. The summed E-state index contributed by atoms with van der Waals surface area (Å²) in [5, 5.41) is 10.3. The van der Waals surface area contributed by atoms with Gasteiger partial charge in [-0.05, 0) is 100.0 Å². The molecule has 4 rings (SSSR count). The van der Waals surface area contributed by atoms with Crippen LogP contribution in [-0.2, 0) is 4.79 Å². The average molecular weight is 564 g/mol. The average Bonchev–Trinajstić information content (AvgIpc) is 2.94. The molecule has 0 spiro atoms. The third kappa shape index (κ3) is 6.75. The van der Waals surface area contributed by atoms with E-state index in [2.05, 4.69) is 9.88 Å². The molecule has 6 nitrogen and oxygen atoms in total. The minimum atomic E-state index is -1.41. The van der Waals surface area contributed by atoms with Gasteiger partial charge in [-0.25, -0.2) is 14.3 Å². The fourth-order valence-electron chi connectivity index (χ4n) is 5.08. The summed E-state index contributed by atoms with van der Waals surface area (Å²) in [6.07, 6.45) is 2.39. The van der Waals surface area contributed by atoms with E-state index in [9.17, 15) is 14.4 Å². The van der Waals surface area contributed by atoms with Gasteiger partial charge in [0.15, 0.2) is 0 Å². The smallest absolute Gasteiger partial charge is 0.249 e. The Hall–Kier alpha value is -2.46. The highest BCUT2D eigenvalue weighted by Crippen LogP contribution is 2.42. The summed E-state index contributed by atoms with van der Waals surface area (Å²) in [6.45, 7) is 2.24. The molecular weight excluding hydrogens is 532 g/mol. The van der Waals surface area contributed by atoms with Crippen molar-refractivity contribution in [2.45, 2.75) is 43.2 Å². The van der Waals surface area contributed by atoms with Crippen LogP contribution in [0.25, 0.3) is 10.9 Å². The van der Waals surface area contributed by atoms with Gasteiger partial charge in [0.2, 0.25) is 5.91 Å². The predicted octanol–water partition coefficient (Wildman–Crippen LogP) is 6.60. The predicted molar refractivity (Wildman–Crippen MR) is 146 cm³/mol. The van der Waals surface area contributed by atoms with Gasteiger partial charge in [0, 0.05) is 22.0 Å². The van der Waals surface area contributed by atoms with E-state index < -0.39 is 17.5 Å². The quantitative estimate of drug-likeness (QED) is 0.119. The maximum Gasteiger partial charge on any atom is 0.249 e. The number of aromatic nitrogens is 1. The van der Waals surface area contributed by atoms with Crippen LogP contribution in [0.1, 0.15) is 43.8 Å². The Morgan fingerprint density at radius 3 is 2.68 bits per heavy atom. The van der Waals surface area contributed by atoms with Crippen LogP contribution in [0.5, 0.6) is 5.75 Å². The minimum absolute atomic E-state index is 0.0811. The number of amides is 1. The van der Waals surface area contributed by atoms with Gasteiger partial charge >= 0.3 is 0 Å². The second-order valence-corrected chi connectivity index (χ2v) is 11.2. The van der Waals surface area contributed by atoms with Crippen molar-refractivity contribution in [3.8, 4) is 5.75 Å². The van der Waals surface area contributed by atoms with Gasteiger partial charge in [0.05, 0.1) is 23.1 Å². The van der Waals surface area contributed by atoms with Crippen LogP contribution < -0.4 is 10.2 Å². The third-order valence-electron chi connectivity index (χ3n) is 7.36. The van der Waals surface area contributed by atoms with Gasteiger partial charge in [0.25, 0.3) is 0 Å². The zero-order valence-electron chi connectivity index (χ0n) is 21.3. The fourth-order valence-corrected chi connectivity index (χ4v) is 6.19. The maximum absolute atomic E-state index is 15.7. The number of nitrogens with zero attached hydrogens (tertiary/aromatic N) is 2. The molecule has 1 atom stereocenters. The summed E-state index contributed by atoms with van der Waals surface area (Å²) in [6, 6.07) is 11.7. The summed E-state index contributed by atoms with van der Waals surface area (Å²) in [5.41, 5.74) is 1.92. The molecule has 1 unspecified atom stereocenters. The molecule has 1 amide bonds. The van der Waals surface area contributed by atoms with Crippen LogP contribution in [-0.4, -0.2) is 53.5 Å². The van der Waals surface area contributed by atoms with Gasteiger partial charge in [-0.3, -0.25) is 15.0 Å².